The number of hydrogen-bond acceptors (Lipinski definition) is 6. The quantitative estimate of drug-likeness (QED) is 0.713. The minimum Gasteiger partial charge on any atom is -0.383 e. The molecule has 0 atom stereocenters. The van der Waals surface area contributed by atoms with E-state index in [1.807, 2.05) is 49.4 Å². The molecule has 1 fully saturated rings. The number of amides is 1. The zero-order valence-corrected chi connectivity index (χ0v) is 16.2. The second-order valence-electron chi connectivity index (χ2n) is 7.40. The standard InChI is InChI=1S/C22H23N5O2/c1-15-7-8-18(24-13-15)22(29)9-11-27(12-10-22)20(28)17-14-25-21(23)26-19(17)16-5-3-2-4-6-16/h2-8,13-14,29H,9-12H2,1H3,(H2,23,25,26). The van der Waals surface area contributed by atoms with Gasteiger partial charge in [-0.15, -0.1) is 0 Å². The number of aryl methyl sites for hydroxylation is 1. The molecule has 3 N–H and O–H groups in total. The lowest BCUT2D eigenvalue weighted by Gasteiger charge is -2.38. The Hall–Kier alpha value is -3.32. The molecule has 4 rings (SSSR count). The van der Waals surface area contributed by atoms with Gasteiger partial charge in [0.1, 0.15) is 5.60 Å². The third kappa shape index (κ3) is 3.82. The largest absolute Gasteiger partial charge is 0.383 e. The highest BCUT2D eigenvalue weighted by atomic mass is 16.3. The summed E-state index contributed by atoms with van der Waals surface area (Å²) < 4.78 is 0. The molecule has 2 aromatic heterocycles. The summed E-state index contributed by atoms with van der Waals surface area (Å²) in [5.74, 6) is -0.0402. The Morgan fingerprint density at radius 2 is 1.79 bits per heavy atom. The summed E-state index contributed by atoms with van der Waals surface area (Å²) >= 11 is 0. The molecule has 148 valence electrons. The number of nitrogens with two attached hydrogens (primary N) is 1. The summed E-state index contributed by atoms with van der Waals surface area (Å²) in [5.41, 5.74) is 8.17. The Morgan fingerprint density at radius 3 is 2.45 bits per heavy atom. The number of benzene rings is 1. The van der Waals surface area contributed by atoms with Crippen LogP contribution in [0.4, 0.5) is 5.95 Å². The van der Waals surface area contributed by atoms with Crippen LogP contribution < -0.4 is 5.73 Å². The number of pyridine rings is 1. The fourth-order valence-electron chi connectivity index (χ4n) is 3.62. The predicted octanol–water partition coefficient (Wildman–Crippen LogP) is 2.55. The summed E-state index contributed by atoms with van der Waals surface area (Å²) in [4.78, 5) is 27.6. The van der Waals surface area contributed by atoms with E-state index < -0.39 is 5.60 Å². The molecule has 1 aliphatic heterocycles. The van der Waals surface area contributed by atoms with E-state index in [9.17, 15) is 9.90 Å². The van der Waals surface area contributed by atoms with Crippen LogP contribution in [0, 0.1) is 6.92 Å². The van der Waals surface area contributed by atoms with Crippen molar-refractivity contribution in [3.05, 3.63) is 71.7 Å². The molecule has 3 heterocycles. The van der Waals surface area contributed by atoms with Crippen molar-refractivity contribution in [2.45, 2.75) is 25.4 Å². The number of carbonyl (C=O) groups is 1. The Kier molecular flexibility index (Phi) is 4.98. The van der Waals surface area contributed by atoms with Crippen LogP contribution in [-0.4, -0.2) is 44.0 Å². The Morgan fingerprint density at radius 1 is 1.07 bits per heavy atom. The number of hydrogen-bond donors (Lipinski definition) is 2. The molecule has 29 heavy (non-hydrogen) atoms. The minimum atomic E-state index is -1.02. The second-order valence-corrected chi connectivity index (χ2v) is 7.40. The van der Waals surface area contributed by atoms with Crippen molar-refractivity contribution in [1.29, 1.82) is 0 Å². The average Bonchev–Trinajstić information content (AvgIpc) is 2.75. The van der Waals surface area contributed by atoms with Crippen LogP contribution in [0.2, 0.25) is 0 Å². The van der Waals surface area contributed by atoms with Gasteiger partial charge in [-0.05, 0) is 31.4 Å². The number of aromatic nitrogens is 3. The summed E-state index contributed by atoms with van der Waals surface area (Å²) in [6.45, 7) is 2.80. The molecule has 1 saturated heterocycles. The number of anilines is 1. The highest BCUT2D eigenvalue weighted by molar-refractivity contribution is 5.99. The number of rotatable bonds is 3. The summed E-state index contributed by atoms with van der Waals surface area (Å²) in [6.07, 6.45) is 4.08. The lowest BCUT2D eigenvalue weighted by atomic mass is 9.87. The first-order valence-electron chi connectivity index (χ1n) is 9.59. The van der Waals surface area contributed by atoms with Crippen LogP contribution in [0.5, 0.6) is 0 Å². The molecule has 7 heteroatoms. The Labute approximate surface area is 169 Å². The normalized spacial score (nSPS) is 15.9. The lowest BCUT2D eigenvalue weighted by Crippen LogP contribution is -2.45. The fourth-order valence-corrected chi connectivity index (χ4v) is 3.62. The molecular formula is C22H23N5O2. The number of piperidine rings is 1. The second kappa shape index (κ2) is 7.60. The van der Waals surface area contributed by atoms with E-state index in [2.05, 4.69) is 15.0 Å². The van der Waals surface area contributed by atoms with Crippen LogP contribution >= 0.6 is 0 Å². The maximum atomic E-state index is 13.2. The van der Waals surface area contributed by atoms with Crippen LogP contribution in [0.25, 0.3) is 11.3 Å². The maximum Gasteiger partial charge on any atom is 0.257 e. The van der Waals surface area contributed by atoms with Gasteiger partial charge in [0.15, 0.2) is 0 Å². The number of carbonyl (C=O) groups excluding carboxylic acids is 1. The van der Waals surface area contributed by atoms with Crippen LogP contribution in [-0.2, 0) is 5.60 Å². The van der Waals surface area contributed by atoms with Crippen LogP contribution in [0.15, 0.2) is 54.9 Å². The van der Waals surface area contributed by atoms with Gasteiger partial charge in [-0.1, -0.05) is 36.4 Å². The molecule has 0 saturated carbocycles. The third-order valence-corrected chi connectivity index (χ3v) is 5.35. The first kappa shape index (κ1) is 19.0. The van der Waals surface area contributed by atoms with E-state index in [0.29, 0.717) is 42.9 Å². The molecule has 0 bridgehead atoms. The lowest BCUT2D eigenvalue weighted by molar-refractivity contribution is -0.0244. The average molecular weight is 389 g/mol. The predicted molar refractivity (Wildman–Crippen MR) is 110 cm³/mol. The molecule has 0 spiro atoms. The van der Waals surface area contributed by atoms with Crippen molar-refractivity contribution in [1.82, 2.24) is 19.9 Å². The zero-order chi connectivity index (χ0) is 20.4. The van der Waals surface area contributed by atoms with Gasteiger partial charge in [0, 0.05) is 31.0 Å². The van der Waals surface area contributed by atoms with Crippen molar-refractivity contribution in [3.63, 3.8) is 0 Å². The maximum absolute atomic E-state index is 13.2. The summed E-state index contributed by atoms with van der Waals surface area (Å²) in [5, 5.41) is 11.0. The van der Waals surface area contributed by atoms with E-state index in [1.54, 1.807) is 11.1 Å². The zero-order valence-electron chi connectivity index (χ0n) is 16.2. The number of nitrogen functional groups attached to an aromatic ring is 1. The molecule has 1 aliphatic rings. The third-order valence-electron chi connectivity index (χ3n) is 5.35. The van der Waals surface area contributed by atoms with E-state index in [1.165, 1.54) is 6.20 Å². The minimum absolute atomic E-state index is 0.124. The van der Waals surface area contributed by atoms with Crippen molar-refractivity contribution < 1.29 is 9.90 Å². The van der Waals surface area contributed by atoms with Gasteiger partial charge in [0.25, 0.3) is 5.91 Å². The highest BCUT2D eigenvalue weighted by Crippen LogP contribution is 2.33. The first-order valence-corrected chi connectivity index (χ1v) is 9.59. The van der Waals surface area contributed by atoms with E-state index >= 15 is 0 Å². The van der Waals surface area contributed by atoms with Gasteiger partial charge in [-0.2, -0.15) is 0 Å². The van der Waals surface area contributed by atoms with Gasteiger partial charge in [0.05, 0.1) is 17.0 Å². The van der Waals surface area contributed by atoms with E-state index in [-0.39, 0.29) is 11.9 Å². The van der Waals surface area contributed by atoms with Gasteiger partial charge in [0.2, 0.25) is 5.95 Å². The van der Waals surface area contributed by atoms with Crippen molar-refractivity contribution in [2.75, 3.05) is 18.8 Å². The monoisotopic (exact) mass is 389 g/mol. The Balaban J connectivity index is 1.56. The number of aliphatic hydroxyl groups is 1. The number of likely N-dealkylation sites (tertiary alicyclic amines) is 1. The molecule has 1 aromatic carbocycles. The van der Waals surface area contributed by atoms with Crippen molar-refractivity contribution in [2.24, 2.45) is 0 Å². The molecule has 0 aliphatic carbocycles. The first-order chi connectivity index (χ1) is 14.0. The van der Waals surface area contributed by atoms with Gasteiger partial charge >= 0.3 is 0 Å². The molecule has 7 nitrogen and oxygen atoms in total. The SMILES string of the molecule is Cc1ccc(C2(O)CCN(C(=O)c3cnc(N)nc3-c3ccccc3)CC2)nc1. The summed E-state index contributed by atoms with van der Waals surface area (Å²) in [6, 6.07) is 13.2. The van der Waals surface area contributed by atoms with Gasteiger partial charge in [-0.3, -0.25) is 9.78 Å². The van der Waals surface area contributed by atoms with Crippen LogP contribution in [0.3, 0.4) is 0 Å². The van der Waals surface area contributed by atoms with E-state index in [0.717, 1.165) is 11.1 Å². The molecule has 0 unspecified atom stereocenters. The molecular weight excluding hydrogens is 366 g/mol. The molecule has 0 radical (unpaired) electrons. The van der Waals surface area contributed by atoms with Gasteiger partial charge < -0.3 is 15.7 Å². The summed E-state index contributed by atoms with van der Waals surface area (Å²) in [7, 11) is 0. The topological polar surface area (TPSA) is 105 Å². The molecule has 3 aromatic rings. The van der Waals surface area contributed by atoms with Gasteiger partial charge in [-0.25, -0.2) is 9.97 Å². The highest BCUT2D eigenvalue weighted by Gasteiger charge is 2.37. The van der Waals surface area contributed by atoms with Crippen LogP contribution in [0.1, 0.15) is 34.5 Å². The van der Waals surface area contributed by atoms with Crippen molar-refractivity contribution in [3.8, 4) is 11.3 Å². The fraction of sp³-hybridized carbons (Fsp3) is 0.273. The van der Waals surface area contributed by atoms with Crippen molar-refractivity contribution >= 4 is 11.9 Å². The Bertz CT molecular complexity index is 1010. The smallest absolute Gasteiger partial charge is 0.257 e. The van der Waals surface area contributed by atoms with E-state index in [4.69, 9.17) is 5.73 Å². The molecule has 1 amide bonds. The number of nitrogens with zero attached hydrogens (tertiary/aromatic N) is 4.